The van der Waals surface area contributed by atoms with E-state index in [-0.39, 0.29) is 16.6 Å². The van der Waals surface area contributed by atoms with Crippen LogP contribution in [0.2, 0.25) is 0 Å². The standard InChI is InChI=1S/C28H25NO4/c1-16-19-15-29(17-9-5-4-6-10-17)27-25(26(31)18-11-7-8-12-21(18)33-27)23(19)24-20(30)13-28(2,3)14-22(24)32-16/h4-12,23H,13-15H2,1-3H3. The number of hydrogen-bond donors (Lipinski definition) is 0. The van der Waals surface area contributed by atoms with E-state index in [0.29, 0.717) is 53.1 Å². The molecule has 1 aromatic heterocycles. The van der Waals surface area contributed by atoms with Gasteiger partial charge in [0.1, 0.15) is 17.1 Å². The highest BCUT2D eigenvalue weighted by atomic mass is 16.5. The van der Waals surface area contributed by atoms with E-state index in [4.69, 9.17) is 9.15 Å². The summed E-state index contributed by atoms with van der Waals surface area (Å²) in [5, 5.41) is 0.528. The summed E-state index contributed by atoms with van der Waals surface area (Å²) < 4.78 is 12.7. The number of Topliss-reactive ketones (excluding diaryl/α,β-unsaturated/α-hetero) is 1. The van der Waals surface area contributed by atoms with Gasteiger partial charge in [-0.3, -0.25) is 9.59 Å². The Labute approximate surface area is 192 Å². The van der Waals surface area contributed by atoms with Gasteiger partial charge in [0.15, 0.2) is 11.2 Å². The van der Waals surface area contributed by atoms with Crippen molar-refractivity contribution in [2.45, 2.75) is 39.5 Å². The van der Waals surface area contributed by atoms with Crippen molar-refractivity contribution in [2.24, 2.45) is 5.41 Å². The summed E-state index contributed by atoms with van der Waals surface area (Å²) in [5.74, 6) is 1.60. The monoisotopic (exact) mass is 439 g/mol. The topological polar surface area (TPSA) is 59.8 Å². The quantitative estimate of drug-likeness (QED) is 0.467. The van der Waals surface area contributed by atoms with Crippen molar-refractivity contribution < 1.29 is 13.9 Å². The summed E-state index contributed by atoms with van der Waals surface area (Å²) in [5.41, 5.74) is 3.31. The second kappa shape index (κ2) is 6.95. The van der Waals surface area contributed by atoms with Crippen LogP contribution in [0.1, 0.15) is 45.1 Å². The summed E-state index contributed by atoms with van der Waals surface area (Å²) in [4.78, 5) is 29.4. The summed E-state index contributed by atoms with van der Waals surface area (Å²) in [6.07, 6.45) is 1.11. The highest BCUT2D eigenvalue weighted by Crippen LogP contribution is 2.53. The first kappa shape index (κ1) is 20.0. The number of para-hydroxylation sites is 2. The number of allylic oxidation sites excluding steroid dienone is 3. The molecular formula is C28H25NO4. The van der Waals surface area contributed by atoms with Gasteiger partial charge in [0, 0.05) is 29.7 Å². The van der Waals surface area contributed by atoms with Gasteiger partial charge in [-0.25, -0.2) is 0 Å². The number of ether oxygens (including phenoxy) is 1. The lowest BCUT2D eigenvalue weighted by atomic mass is 9.69. The van der Waals surface area contributed by atoms with Gasteiger partial charge in [0.25, 0.3) is 0 Å². The molecule has 0 bridgehead atoms. The molecule has 0 spiro atoms. The smallest absolute Gasteiger partial charge is 0.208 e. The van der Waals surface area contributed by atoms with Crippen LogP contribution in [0, 0.1) is 5.41 Å². The second-order valence-electron chi connectivity index (χ2n) is 9.96. The van der Waals surface area contributed by atoms with E-state index in [0.717, 1.165) is 17.0 Å². The Balaban J connectivity index is 1.67. The third-order valence-electron chi connectivity index (χ3n) is 6.99. The normalized spacial score (nSPS) is 21.5. The molecule has 0 saturated heterocycles. The first-order chi connectivity index (χ1) is 15.8. The highest BCUT2D eigenvalue weighted by Gasteiger charge is 2.47. The van der Waals surface area contributed by atoms with Crippen LogP contribution >= 0.6 is 0 Å². The zero-order valence-electron chi connectivity index (χ0n) is 19.0. The summed E-state index contributed by atoms with van der Waals surface area (Å²) in [7, 11) is 0. The molecule has 3 aliphatic rings. The Morgan fingerprint density at radius 3 is 2.48 bits per heavy atom. The minimum absolute atomic E-state index is 0.0583. The van der Waals surface area contributed by atoms with E-state index in [1.807, 2.05) is 60.4 Å². The lowest BCUT2D eigenvalue weighted by Crippen LogP contribution is -2.40. The lowest BCUT2D eigenvalue weighted by molar-refractivity contribution is -0.119. The fraction of sp³-hybridized carbons (Fsp3) is 0.286. The van der Waals surface area contributed by atoms with Crippen molar-refractivity contribution >= 4 is 28.3 Å². The maximum absolute atomic E-state index is 13.9. The van der Waals surface area contributed by atoms with Gasteiger partial charge in [0.2, 0.25) is 5.88 Å². The maximum Gasteiger partial charge on any atom is 0.208 e. The van der Waals surface area contributed by atoms with Gasteiger partial charge >= 0.3 is 0 Å². The maximum atomic E-state index is 13.9. The molecule has 0 radical (unpaired) electrons. The molecule has 0 fully saturated rings. The zero-order chi connectivity index (χ0) is 22.9. The number of benzene rings is 2. The fourth-order valence-corrected chi connectivity index (χ4v) is 5.50. The Hall–Kier alpha value is -3.60. The summed E-state index contributed by atoms with van der Waals surface area (Å²) in [6.45, 7) is 6.60. The summed E-state index contributed by atoms with van der Waals surface area (Å²) in [6, 6.07) is 17.2. The average molecular weight is 440 g/mol. The molecular weight excluding hydrogens is 414 g/mol. The average Bonchev–Trinajstić information content (AvgIpc) is 2.78. The minimum atomic E-state index is -0.437. The number of ketones is 1. The van der Waals surface area contributed by atoms with Crippen molar-refractivity contribution in [3.63, 3.8) is 0 Å². The van der Waals surface area contributed by atoms with Crippen molar-refractivity contribution in [3.05, 3.63) is 93.0 Å². The SMILES string of the molecule is CC1=C2CN(c3ccccc3)c3oc4ccccc4c(=O)c3C2C2=C(CC(C)(C)CC2=O)O1. The number of rotatable bonds is 1. The molecule has 1 aliphatic carbocycles. The van der Waals surface area contributed by atoms with E-state index in [1.54, 1.807) is 6.07 Å². The zero-order valence-corrected chi connectivity index (χ0v) is 19.0. The van der Waals surface area contributed by atoms with Crippen molar-refractivity contribution in [1.29, 1.82) is 0 Å². The molecule has 3 aromatic rings. The molecule has 2 aliphatic heterocycles. The van der Waals surface area contributed by atoms with Crippen LogP contribution in [0.3, 0.4) is 0 Å². The van der Waals surface area contributed by atoms with Gasteiger partial charge < -0.3 is 14.1 Å². The molecule has 1 unspecified atom stereocenters. The Morgan fingerprint density at radius 1 is 0.970 bits per heavy atom. The molecule has 166 valence electrons. The predicted molar refractivity (Wildman–Crippen MR) is 128 cm³/mol. The van der Waals surface area contributed by atoms with Gasteiger partial charge in [0.05, 0.1) is 23.4 Å². The number of carbonyl (C=O) groups excluding carboxylic acids is 1. The van der Waals surface area contributed by atoms with E-state index in [9.17, 15) is 9.59 Å². The van der Waals surface area contributed by atoms with Crippen LogP contribution in [-0.4, -0.2) is 12.3 Å². The van der Waals surface area contributed by atoms with E-state index in [1.165, 1.54) is 0 Å². The van der Waals surface area contributed by atoms with E-state index < -0.39 is 5.92 Å². The largest absolute Gasteiger partial charge is 0.466 e. The molecule has 2 aromatic carbocycles. The van der Waals surface area contributed by atoms with Crippen molar-refractivity contribution in [3.8, 4) is 0 Å². The number of fused-ring (bicyclic) bond motifs is 5. The van der Waals surface area contributed by atoms with E-state index in [2.05, 4.69) is 13.8 Å². The second-order valence-corrected chi connectivity index (χ2v) is 9.96. The van der Waals surface area contributed by atoms with Crippen LogP contribution in [0.4, 0.5) is 11.6 Å². The molecule has 5 heteroatoms. The fourth-order valence-electron chi connectivity index (χ4n) is 5.50. The highest BCUT2D eigenvalue weighted by molar-refractivity contribution is 6.00. The Kier molecular flexibility index (Phi) is 4.22. The van der Waals surface area contributed by atoms with Gasteiger partial charge in [-0.05, 0) is 36.6 Å². The molecule has 0 saturated carbocycles. The molecule has 0 N–H and O–H groups in total. The molecule has 5 nitrogen and oxygen atoms in total. The first-order valence-electron chi connectivity index (χ1n) is 11.4. The van der Waals surface area contributed by atoms with Crippen molar-refractivity contribution in [2.75, 3.05) is 11.4 Å². The van der Waals surface area contributed by atoms with Gasteiger partial charge in [-0.1, -0.05) is 44.2 Å². The number of hydrogen-bond acceptors (Lipinski definition) is 5. The minimum Gasteiger partial charge on any atom is -0.466 e. The number of nitrogens with zero attached hydrogens (tertiary/aromatic N) is 1. The van der Waals surface area contributed by atoms with Gasteiger partial charge in [-0.2, -0.15) is 0 Å². The van der Waals surface area contributed by atoms with Crippen molar-refractivity contribution in [1.82, 2.24) is 0 Å². The molecule has 1 atom stereocenters. The van der Waals surface area contributed by atoms with Gasteiger partial charge in [-0.15, -0.1) is 0 Å². The first-order valence-corrected chi connectivity index (χ1v) is 11.4. The Bertz CT molecular complexity index is 1440. The lowest BCUT2D eigenvalue weighted by Gasteiger charge is -2.43. The van der Waals surface area contributed by atoms with E-state index >= 15 is 0 Å². The van der Waals surface area contributed by atoms with Crippen LogP contribution in [0.5, 0.6) is 0 Å². The molecule has 0 amide bonds. The third kappa shape index (κ3) is 2.99. The Morgan fingerprint density at radius 2 is 1.70 bits per heavy atom. The predicted octanol–water partition coefficient (Wildman–Crippen LogP) is 5.98. The molecule has 33 heavy (non-hydrogen) atoms. The van der Waals surface area contributed by atoms with Crippen LogP contribution < -0.4 is 10.3 Å². The van der Waals surface area contributed by atoms with Crippen LogP contribution in [0.15, 0.2) is 86.5 Å². The van der Waals surface area contributed by atoms with Crippen LogP contribution in [0.25, 0.3) is 11.0 Å². The molecule has 6 rings (SSSR count). The third-order valence-corrected chi connectivity index (χ3v) is 6.99. The molecule has 3 heterocycles. The summed E-state index contributed by atoms with van der Waals surface area (Å²) >= 11 is 0. The number of anilines is 2. The number of carbonyl (C=O) groups is 1. The van der Waals surface area contributed by atoms with Crippen LogP contribution in [-0.2, 0) is 9.53 Å².